The number of nitrogens with zero attached hydrogens (tertiary/aromatic N) is 3. The molecule has 0 spiro atoms. The van der Waals surface area contributed by atoms with E-state index in [0.717, 1.165) is 23.9 Å². The molecule has 0 saturated carbocycles. The van der Waals surface area contributed by atoms with Crippen molar-refractivity contribution in [1.29, 1.82) is 0 Å². The molecular weight excluding hydrogens is 176 g/mol. The van der Waals surface area contributed by atoms with Crippen molar-refractivity contribution >= 4 is 12.2 Å². The molecule has 1 aromatic rings. The van der Waals surface area contributed by atoms with Crippen LogP contribution in [0.2, 0.25) is 0 Å². The topological polar surface area (TPSA) is 42.2 Å². The number of aliphatic imine (C=N–C) groups is 1. The number of imidazole rings is 1. The van der Waals surface area contributed by atoms with Crippen molar-refractivity contribution in [3.05, 3.63) is 11.5 Å². The Hall–Kier alpha value is -1.32. The van der Waals surface area contributed by atoms with Gasteiger partial charge in [-0.3, -0.25) is 4.99 Å². The lowest BCUT2D eigenvalue weighted by atomic mass is 10.2. The van der Waals surface area contributed by atoms with Gasteiger partial charge < -0.3 is 9.88 Å². The molecule has 0 bridgehead atoms. The maximum atomic E-state index is 4.61. The Bertz CT molecular complexity index is 362. The van der Waals surface area contributed by atoms with Crippen molar-refractivity contribution in [2.75, 3.05) is 5.32 Å². The van der Waals surface area contributed by atoms with E-state index in [-0.39, 0.29) is 0 Å². The number of anilines is 1. The molecule has 14 heavy (non-hydrogen) atoms. The lowest BCUT2D eigenvalue weighted by molar-refractivity contribution is 0.658. The Kier molecular flexibility index (Phi) is 2.27. The molecule has 0 aliphatic carbocycles. The lowest BCUT2D eigenvalue weighted by Crippen LogP contribution is -2.10. The van der Waals surface area contributed by atoms with Crippen molar-refractivity contribution in [2.45, 2.75) is 39.8 Å². The van der Waals surface area contributed by atoms with Gasteiger partial charge in [-0.2, -0.15) is 0 Å². The highest BCUT2D eigenvalue weighted by Crippen LogP contribution is 2.25. The van der Waals surface area contributed by atoms with E-state index in [0.29, 0.717) is 12.5 Å². The fraction of sp³-hybridized carbons (Fsp3) is 0.600. The second-order valence-electron chi connectivity index (χ2n) is 3.78. The summed E-state index contributed by atoms with van der Waals surface area (Å²) < 4.78 is 2.23. The zero-order chi connectivity index (χ0) is 10.1. The van der Waals surface area contributed by atoms with Gasteiger partial charge in [0.15, 0.2) is 0 Å². The minimum Gasteiger partial charge on any atom is -0.331 e. The number of aromatic nitrogens is 2. The van der Waals surface area contributed by atoms with Crippen LogP contribution in [0.1, 0.15) is 38.2 Å². The summed E-state index contributed by atoms with van der Waals surface area (Å²) in [5.74, 6) is 2.73. The summed E-state index contributed by atoms with van der Waals surface area (Å²) in [6, 6.07) is 0. The van der Waals surface area contributed by atoms with Gasteiger partial charge in [-0.05, 0) is 6.92 Å². The van der Waals surface area contributed by atoms with Crippen LogP contribution in [-0.2, 0) is 13.1 Å². The summed E-state index contributed by atoms with van der Waals surface area (Å²) in [7, 11) is 0. The Morgan fingerprint density at radius 1 is 1.57 bits per heavy atom. The maximum Gasteiger partial charge on any atom is 0.136 e. The molecule has 1 aliphatic rings. The van der Waals surface area contributed by atoms with Gasteiger partial charge in [0.05, 0.1) is 12.9 Å². The summed E-state index contributed by atoms with van der Waals surface area (Å²) in [5.41, 5.74) is 1.07. The fourth-order valence-corrected chi connectivity index (χ4v) is 1.79. The van der Waals surface area contributed by atoms with Gasteiger partial charge in [-0.1, -0.05) is 13.8 Å². The smallest absolute Gasteiger partial charge is 0.136 e. The van der Waals surface area contributed by atoms with E-state index in [1.807, 2.05) is 0 Å². The highest BCUT2D eigenvalue weighted by Gasteiger charge is 2.18. The summed E-state index contributed by atoms with van der Waals surface area (Å²) in [6.07, 6.45) is 1.75. The summed E-state index contributed by atoms with van der Waals surface area (Å²) >= 11 is 0. The van der Waals surface area contributed by atoms with E-state index >= 15 is 0 Å². The van der Waals surface area contributed by atoms with E-state index in [4.69, 9.17) is 0 Å². The van der Waals surface area contributed by atoms with Crippen molar-refractivity contribution < 1.29 is 0 Å². The molecule has 4 nitrogen and oxygen atoms in total. The zero-order valence-corrected chi connectivity index (χ0v) is 8.91. The van der Waals surface area contributed by atoms with Crippen LogP contribution in [0.4, 0.5) is 5.82 Å². The standard InChI is InChI=1S/C10H16N4/c1-4-14-9(7(2)3)13-8-5-11-6-12-10(8)14/h6-7H,4-5H2,1-3H3,(H,11,12). The van der Waals surface area contributed by atoms with Gasteiger partial charge in [0.2, 0.25) is 0 Å². The van der Waals surface area contributed by atoms with Crippen LogP contribution >= 0.6 is 0 Å². The first-order chi connectivity index (χ1) is 6.74. The van der Waals surface area contributed by atoms with E-state index in [9.17, 15) is 0 Å². The molecule has 0 radical (unpaired) electrons. The Morgan fingerprint density at radius 2 is 2.36 bits per heavy atom. The lowest BCUT2D eigenvalue weighted by Gasteiger charge is -2.12. The highest BCUT2D eigenvalue weighted by molar-refractivity contribution is 5.77. The van der Waals surface area contributed by atoms with Crippen LogP contribution in [0.15, 0.2) is 4.99 Å². The molecule has 0 fully saturated rings. The molecule has 0 aromatic carbocycles. The Balaban J connectivity index is 2.48. The van der Waals surface area contributed by atoms with Crippen molar-refractivity contribution in [2.24, 2.45) is 4.99 Å². The molecule has 1 aromatic heterocycles. The number of hydrogen-bond donors (Lipinski definition) is 1. The molecule has 76 valence electrons. The van der Waals surface area contributed by atoms with E-state index in [2.05, 4.69) is 40.6 Å². The van der Waals surface area contributed by atoms with Crippen LogP contribution < -0.4 is 5.32 Å². The third-order valence-electron chi connectivity index (χ3n) is 2.44. The summed E-state index contributed by atoms with van der Waals surface area (Å²) in [4.78, 5) is 8.76. The normalized spacial score (nSPS) is 14.3. The highest BCUT2D eigenvalue weighted by atomic mass is 15.2. The summed E-state index contributed by atoms with van der Waals surface area (Å²) in [5, 5.41) is 3.17. The van der Waals surface area contributed by atoms with Crippen LogP contribution in [0.3, 0.4) is 0 Å². The van der Waals surface area contributed by atoms with E-state index in [1.165, 1.54) is 0 Å². The minimum atomic E-state index is 0.461. The van der Waals surface area contributed by atoms with E-state index in [1.54, 1.807) is 6.34 Å². The molecule has 1 N–H and O–H groups in total. The monoisotopic (exact) mass is 192 g/mol. The number of nitrogens with one attached hydrogen (secondary N) is 1. The van der Waals surface area contributed by atoms with Crippen LogP contribution in [-0.4, -0.2) is 15.9 Å². The average Bonchev–Trinajstić information content (AvgIpc) is 2.56. The molecule has 1 aliphatic heterocycles. The third kappa shape index (κ3) is 1.31. The largest absolute Gasteiger partial charge is 0.331 e. The predicted octanol–water partition coefficient (Wildman–Crippen LogP) is 1.98. The maximum absolute atomic E-state index is 4.61. The van der Waals surface area contributed by atoms with Gasteiger partial charge in [-0.25, -0.2) is 4.98 Å². The van der Waals surface area contributed by atoms with Crippen LogP contribution in [0.5, 0.6) is 0 Å². The molecule has 0 atom stereocenters. The van der Waals surface area contributed by atoms with Gasteiger partial charge in [0.1, 0.15) is 17.3 Å². The van der Waals surface area contributed by atoms with Gasteiger partial charge in [0, 0.05) is 12.5 Å². The molecule has 2 rings (SSSR count). The minimum absolute atomic E-state index is 0.461. The zero-order valence-electron chi connectivity index (χ0n) is 8.91. The van der Waals surface area contributed by atoms with Crippen molar-refractivity contribution in [1.82, 2.24) is 9.55 Å². The van der Waals surface area contributed by atoms with Gasteiger partial charge in [-0.15, -0.1) is 0 Å². The molecule has 0 unspecified atom stereocenters. The SMILES string of the molecule is CCn1c(C(C)C)nc2c1NC=NC2. The second kappa shape index (κ2) is 3.44. The van der Waals surface area contributed by atoms with Gasteiger partial charge in [0.25, 0.3) is 0 Å². The average molecular weight is 192 g/mol. The van der Waals surface area contributed by atoms with Crippen LogP contribution in [0, 0.1) is 0 Å². The molecular formula is C10H16N4. The Labute approximate surface area is 84.1 Å². The molecule has 0 amide bonds. The number of hydrogen-bond acceptors (Lipinski definition) is 3. The van der Waals surface area contributed by atoms with E-state index < -0.39 is 0 Å². The van der Waals surface area contributed by atoms with Crippen LogP contribution in [0.25, 0.3) is 0 Å². The van der Waals surface area contributed by atoms with Crippen molar-refractivity contribution in [3.8, 4) is 0 Å². The molecule has 2 heterocycles. The predicted molar refractivity (Wildman–Crippen MR) is 57.8 cm³/mol. The first kappa shape index (κ1) is 9.24. The number of rotatable bonds is 2. The molecule has 4 heteroatoms. The van der Waals surface area contributed by atoms with Crippen molar-refractivity contribution in [3.63, 3.8) is 0 Å². The number of fused-ring (bicyclic) bond motifs is 1. The second-order valence-corrected chi connectivity index (χ2v) is 3.78. The first-order valence-corrected chi connectivity index (χ1v) is 5.08. The quantitative estimate of drug-likeness (QED) is 0.778. The molecule has 0 saturated heterocycles. The fourth-order valence-electron chi connectivity index (χ4n) is 1.79. The third-order valence-corrected chi connectivity index (χ3v) is 2.44. The first-order valence-electron chi connectivity index (χ1n) is 5.08. The van der Waals surface area contributed by atoms with Gasteiger partial charge >= 0.3 is 0 Å². The summed E-state index contributed by atoms with van der Waals surface area (Å²) in [6.45, 7) is 8.13. The Morgan fingerprint density at radius 3 is 3.00 bits per heavy atom.